The van der Waals surface area contributed by atoms with Crippen LogP contribution in [-0.4, -0.2) is 24.7 Å². The van der Waals surface area contributed by atoms with Gasteiger partial charge in [0.25, 0.3) is 0 Å². The maximum Gasteiger partial charge on any atom is 0.433 e. The van der Waals surface area contributed by atoms with E-state index in [1.165, 1.54) is 22.6 Å². The zero-order valence-corrected chi connectivity index (χ0v) is 18.7. The number of aryl methyl sites for hydroxylation is 1. The van der Waals surface area contributed by atoms with E-state index in [9.17, 15) is 13.2 Å². The maximum atomic E-state index is 13.4. The zero-order chi connectivity index (χ0) is 23.7. The summed E-state index contributed by atoms with van der Waals surface area (Å²) in [6.45, 7) is 0. The highest BCUT2D eigenvalue weighted by atomic mass is 32.2. The average Bonchev–Trinajstić information content (AvgIpc) is 3.43. The van der Waals surface area contributed by atoms with Crippen LogP contribution in [0.2, 0.25) is 0 Å². The number of hydrogen-bond acceptors (Lipinski definition) is 5. The van der Waals surface area contributed by atoms with Gasteiger partial charge in [0, 0.05) is 29.8 Å². The Hall–Kier alpha value is -3.79. The number of benzene rings is 2. The molecule has 6 nitrogen and oxygen atoms in total. The van der Waals surface area contributed by atoms with Gasteiger partial charge in [-0.2, -0.15) is 18.3 Å². The van der Waals surface area contributed by atoms with Crippen LogP contribution < -0.4 is 4.74 Å². The van der Waals surface area contributed by atoms with Gasteiger partial charge in [-0.1, -0.05) is 18.2 Å². The van der Waals surface area contributed by atoms with E-state index in [1.807, 2.05) is 48.5 Å². The number of pyridine rings is 1. The summed E-state index contributed by atoms with van der Waals surface area (Å²) in [7, 11) is 1.70. The first-order valence-electron chi connectivity index (χ1n) is 10.3. The van der Waals surface area contributed by atoms with Crippen molar-refractivity contribution in [1.82, 2.24) is 24.7 Å². The Kier molecular flexibility index (Phi) is 5.74. The number of ether oxygens (including phenoxy) is 1. The van der Waals surface area contributed by atoms with E-state index in [4.69, 9.17) is 4.74 Å². The van der Waals surface area contributed by atoms with E-state index in [-0.39, 0.29) is 5.69 Å². The van der Waals surface area contributed by atoms with Crippen molar-refractivity contribution in [2.24, 2.45) is 7.05 Å². The van der Waals surface area contributed by atoms with Gasteiger partial charge in [-0.05, 0) is 36.4 Å². The topological polar surface area (TPSA) is 68.6 Å². The Morgan fingerprint density at radius 1 is 1.00 bits per heavy atom. The van der Waals surface area contributed by atoms with E-state index >= 15 is 0 Å². The highest BCUT2D eigenvalue weighted by Crippen LogP contribution is 2.34. The van der Waals surface area contributed by atoms with Crippen molar-refractivity contribution in [3.05, 3.63) is 84.6 Å². The molecule has 0 bridgehead atoms. The maximum absolute atomic E-state index is 13.4. The molecule has 1 N–H and O–H groups in total. The minimum atomic E-state index is -4.55. The lowest BCUT2D eigenvalue weighted by molar-refractivity contribution is -0.141. The van der Waals surface area contributed by atoms with E-state index in [1.54, 1.807) is 19.3 Å². The number of halogens is 3. The van der Waals surface area contributed by atoms with Crippen LogP contribution in [0.1, 0.15) is 11.5 Å². The SMILES string of the molecule is Cn1cc(-c2cc(SCc3nc4ccc(Oc5ccccc5)cc4[nH]3)cc(C(F)(F)F)n2)cn1. The number of aromatic nitrogens is 5. The molecule has 0 saturated heterocycles. The van der Waals surface area contributed by atoms with Gasteiger partial charge in [0.1, 0.15) is 23.0 Å². The van der Waals surface area contributed by atoms with E-state index < -0.39 is 11.9 Å². The highest BCUT2D eigenvalue weighted by Gasteiger charge is 2.33. The molecule has 3 heterocycles. The van der Waals surface area contributed by atoms with Crippen LogP contribution >= 0.6 is 11.8 Å². The Labute approximate surface area is 196 Å². The fourth-order valence-electron chi connectivity index (χ4n) is 3.39. The number of para-hydroxylation sites is 1. The van der Waals surface area contributed by atoms with Crippen molar-refractivity contribution in [1.29, 1.82) is 0 Å². The Morgan fingerprint density at radius 3 is 2.56 bits per heavy atom. The van der Waals surface area contributed by atoms with Crippen LogP contribution in [0.4, 0.5) is 13.2 Å². The standard InChI is InChI=1S/C24H18F3N5OS/c1-32-13-15(12-28-32)20-10-18(11-22(29-20)24(25,26)27)34-14-23-30-19-8-7-17(9-21(19)31-23)33-16-5-3-2-4-6-16/h2-13H,14H2,1H3,(H,30,31). The quantitative estimate of drug-likeness (QED) is 0.282. The first-order valence-corrected chi connectivity index (χ1v) is 11.2. The molecule has 0 fully saturated rings. The molecule has 0 atom stereocenters. The molecule has 2 aromatic carbocycles. The van der Waals surface area contributed by atoms with Crippen molar-refractivity contribution < 1.29 is 17.9 Å². The van der Waals surface area contributed by atoms with Gasteiger partial charge >= 0.3 is 6.18 Å². The normalized spacial score (nSPS) is 11.8. The lowest BCUT2D eigenvalue weighted by atomic mass is 10.2. The smallest absolute Gasteiger partial charge is 0.433 e. The molecule has 0 unspecified atom stereocenters. The fourth-order valence-corrected chi connectivity index (χ4v) is 4.22. The lowest BCUT2D eigenvalue weighted by Gasteiger charge is -2.10. The molecule has 0 spiro atoms. The van der Waals surface area contributed by atoms with Gasteiger partial charge in [0.2, 0.25) is 0 Å². The van der Waals surface area contributed by atoms with E-state index in [0.717, 1.165) is 22.8 Å². The molecule has 172 valence electrons. The van der Waals surface area contributed by atoms with Crippen LogP contribution in [0.25, 0.3) is 22.3 Å². The summed E-state index contributed by atoms with van der Waals surface area (Å²) in [5.74, 6) is 2.38. The molecule has 10 heteroatoms. The van der Waals surface area contributed by atoms with E-state index in [2.05, 4.69) is 20.1 Å². The Morgan fingerprint density at radius 2 is 1.82 bits per heavy atom. The number of nitrogens with one attached hydrogen (secondary N) is 1. The second-order valence-electron chi connectivity index (χ2n) is 7.54. The van der Waals surface area contributed by atoms with Crippen LogP contribution in [0.5, 0.6) is 11.5 Å². The number of alkyl halides is 3. The summed E-state index contributed by atoms with van der Waals surface area (Å²) in [4.78, 5) is 12.0. The molecule has 0 aliphatic rings. The third kappa shape index (κ3) is 4.91. The van der Waals surface area contributed by atoms with Crippen molar-refractivity contribution in [3.63, 3.8) is 0 Å². The first-order chi connectivity index (χ1) is 16.3. The van der Waals surface area contributed by atoms with Crippen LogP contribution in [0, 0.1) is 0 Å². The molecule has 5 rings (SSSR count). The van der Waals surface area contributed by atoms with Crippen molar-refractivity contribution >= 4 is 22.8 Å². The number of hydrogen-bond donors (Lipinski definition) is 1. The molecule has 0 radical (unpaired) electrons. The molecule has 0 aliphatic carbocycles. The predicted octanol–water partition coefficient (Wildman–Crippen LogP) is 6.46. The minimum Gasteiger partial charge on any atom is -0.457 e. The molecule has 0 saturated carbocycles. The summed E-state index contributed by atoms with van der Waals surface area (Å²) in [5.41, 5.74) is 1.33. The molecular weight excluding hydrogens is 463 g/mol. The second kappa shape index (κ2) is 8.86. The van der Waals surface area contributed by atoms with Crippen LogP contribution in [-0.2, 0) is 19.0 Å². The minimum absolute atomic E-state index is 0.220. The summed E-state index contributed by atoms with van der Waals surface area (Å²) < 4.78 is 47.7. The van der Waals surface area contributed by atoms with Crippen molar-refractivity contribution in [2.45, 2.75) is 16.8 Å². The van der Waals surface area contributed by atoms with Gasteiger partial charge in [0.15, 0.2) is 0 Å². The van der Waals surface area contributed by atoms with Gasteiger partial charge in [0.05, 0.1) is 28.7 Å². The van der Waals surface area contributed by atoms with Crippen molar-refractivity contribution in [2.75, 3.05) is 0 Å². The van der Waals surface area contributed by atoms with Gasteiger partial charge in [-0.3, -0.25) is 4.68 Å². The molecule has 5 aromatic rings. The molecule has 34 heavy (non-hydrogen) atoms. The molecular formula is C24H18F3N5OS. The molecule has 0 amide bonds. The molecule has 3 aromatic heterocycles. The number of imidazole rings is 1. The number of rotatable bonds is 6. The van der Waals surface area contributed by atoms with Gasteiger partial charge in [-0.15, -0.1) is 11.8 Å². The summed E-state index contributed by atoms with van der Waals surface area (Å²) in [5, 5.41) is 4.03. The summed E-state index contributed by atoms with van der Waals surface area (Å²) in [6.07, 6.45) is -1.43. The Balaban J connectivity index is 1.37. The van der Waals surface area contributed by atoms with E-state index in [0.29, 0.717) is 27.8 Å². The summed E-state index contributed by atoms with van der Waals surface area (Å²) in [6, 6.07) is 17.6. The number of nitrogens with zero attached hydrogens (tertiary/aromatic N) is 4. The van der Waals surface area contributed by atoms with Crippen molar-refractivity contribution in [3.8, 4) is 22.8 Å². The number of thioether (sulfide) groups is 1. The average molecular weight is 482 g/mol. The summed E-state index contributed by atoms with van der Waals surface area (Å²) >= 11 is 1.25. The largest absolute Gasteiger partial charge is 0.457 e. The zero-order valence-electron chi connectivity index (χ0n) is 17.9. The number of fused-ring (bicyclic) bond motifs is 1. The molecule has 0 aliphatic heterocycles. The second-order valence-corrected chi connectivity index (χ2v) is 8.59. The Bertz CT molecular complexity index is 1450. The number of aromatic amines is 1. The van der Waals surface area contributed by atoms with Gasteiger partial charge in [-0.25, -0.2) is 9.97 Å². The predicted molar refractivity (Wildman–Crippen MR) is 124 cm³/mol. The highest BCUT2D eigenvalue weighted by molar-refractivity contribution is 7.98. The number of H-pyrrole nitrogens is 1. The van der Waals surface area contributed by atoms with Gasteiger partial charge < -0.3 is 9.72 Å². The fraction of sp³-hybridized carbons (Fsp3) is 0.125. The first kappa shape index (κ1) is 22.0. The van der Waals surface area contributed by atoms with Crippen LogP contribution in [0.15, 0.2) is 78.0 Å². The monoisotopic (exact) mass is 481 g/mol. The lowest BCUT2D eigenvalue weighted by Crippen LogP contribution is -2.08. The van der Waals surface area contributed by atoms with Crippen LogP contribution in [0.3, 0.4) is 0 Å². The third-order valence-electron chi connectivity index (χ3n) is 4.95. The third-order valence-corrected chi connectivity index (χ3v) is 5.93.